The van der Waals surface area contributed by atoms with Crippen molar-refractivity contribution in [3.8, 4) is 16.9 Å². The zero-order valence-electron chi connectivity index (χ0n) is 12.1. The maximum absolute atomic E-state index is 12.0. The largest absolute Gasteiger partial charge is 0.482 e. The first kappa shape index (κ1) is 14.4. The van der Waals surface area contributed by atoms with Crippen LogP contribution < -0.4 is 15.8 Å². The Morgan fingerprint density at radius 1 is 1.45 bits per heavy atom. The highest BCUT2D eigenvalue weighted by Gasteiger charge is 2.24. The zero-order chi connectivity index (χ0) is 15.9. The number of nitrogens with one attached hydrogen (secondary N) is 1. The first-order valence-corrected chi connectivity index (χ1v) is 7.37. The molecule has 1 aromatic heterocycles. The molecule has 3 rings (SSSR count). The molecule has 0 aliphatic carbocycles. The van der Waals surface area contributed by atoms with E-state index in [9.17, 15) is 9.59 Å². The standard InChI is InChI=1S/C15H14N2O4S/c1-7-12(13(14(16)22-7)15(19)20-2)8-3-4-10-9(5-8)17-11(18)6-21-10/h3-5H,6,16H2,1-2H3,(H,17,18). The summed E-state index contributed by atoms with van der Waals surface area (Å²) in [6, 6.07) is 5.36. The fourth-order valence-corrected chi connectivity index (χ4v) is 3.40. The van der Waals surface area contributed by atoms with Gasteiger partial charge < -0.3 is 20.5 Å². The summed E-state index contributed by atoms with van der Waals surface area (Å²) >= 11 is 1.33. The fraction of sp³-hybridized carbons (Fsp3) is 0.200. The fourth-order valence-electron chi connectivity index (χ4n) is 2.46. The Morgan fingerprint density at radius 3 is 2.95 bits per heavy atom. The van der Waals surface area contributed by atoms with Crippen molar-refractivity contribution in [1.29, 1.82) is 0 Å². The lowest BCUT2D eigenvalue weighted by Crippen LogP contribution is -2.25. The van der Waals surface area contributed by atoms with E-state index in [1.165, 1.54) is 18.4 Å². The summed E-state index contributed by atoms with van der Waals surface area (Å²) in [5.74, 6) is -0.0851. The average molecular weight is 318 g/mol. The van der Waals surface area contributed by atoms with Crippen molar-refractivity contribution in [2.75, 3.05) is 24.8 Å². The second kappa shape index (κ2) is 5.34. The molecule has 3 N–H and O–H groups in total. The lowest BCUT2D eigenvalue weighted by Gasteiger charge is -2.18. The lowest BCUT2D eigenvalue weighted by molar-refractivity contribution is -0.118. The molecule has 22 heavy (non-hydrogen) atoms. The van der Waals surface area contributed by atoms with Gasteiger partial charge in [0.05, 0.1) is 12.8 Å². The molecule has 1 aliphatic rings. The van der Waals surface area contributed by atoms with Crippen LogP contribution in [-0.2, 0) is 9.53 Å². The van der Waals surface area contributed by atoms with E-state index in [2.05, 4.69) is 5.32 Å². The number of methoxy groups -OCH3 is 1. The van der Waals surface area contributed by atoms with E-state index in [-0.39, 0.29) is 12.5 Å². The van der Waals surface area contributed by atoms with Gasteiger partial charge in [0, 0.05) is 10.4 Å². The van der Waals surface area contributed by atoms with Gasteiger partial charge in [-0.1, -0.05) is 6.07 Å². The summed E-state index contributed by atoms with van der Waals surface area (Å²) in [5, 5.41) is 3.17. The monoisotopic (exact) mass is 318 g/mol. The number of nitrogen functional groups attached to an aromatic ring is 1. The molecular weight excluding hydrogens is 304 g/mol. The number of anilines is 2. The highest BCUT2D eigenvalue weighted by atomic mass is 32.1. The minimum atomic E-state index is -0.477. The normalized spacial score (nSPS) is 13.1. The number of benzene rings is 1. The van der Waals surface area contributed by atoms with Crippen LogP contribution in [0, 0.1) is 6.92 Å². The van der Waals surface area contributed by atoms with Gasteiger partial charge in [-0.2, -0.15) is 0 Å². The van der Waals surface area contributed by atoms with Crippen molar-refractivity contribution in [2.45, 2.75) is 6.92 Å². The molecular formula is C15H14N2O4S. The van der Waals surface area contributed by atoms with E-state index in [1.807, 2.05) is 13.0 Å². The van der Waals surface area contributed by atoms with E-state index < -0.39 is 5.97 Å². The summed E-state index contributed by atoms with van der Waals surface area (Å²) in [4.78, 5) is 24.3. The van der Waals surface area contributed by atoms with Crippen molar-refractivity contribution in [1.82, 2.24) is 0 Å². The molecule has 0 atom stereocenters. The summed E-state index contributed by atoms with van der Waals surface area (Å²) in [6.07, 6.45) is 0. The molecule has 0 fully saturated rings. The van der Waals surface area contributed by atoms with Crippen molar-refractivity contribution in [2.24, 2.45) is 0 Å². The number of carbonyl (C=O) groups excluding carboxylic acids is 2. The molecule has 2 aromatic rings. The van der Waals surface area contributed by atoms with Gasteiger partial charge in [-0.05, 0) is 24.6 Å². The van der Waals surface area contributed by atoms with Gasteiger partial charge in [0.2, 0.25) is 0 Å². The van der Waals surface area contributed by atoms with Crippen LogP contribution >= 0.6 is 11.3 Å². The minimum absolute atomic E-state index is 0.00415. The van der Waals surface area contributed by atoms with Crippen LogP contribution in [0.25, 0.3) is 11.1 Å². The topological polar surface area (TPSA) is 90.6 Å². The maximum atomic E-state index is 12.0. The molecule has 0 unspecified atom stereocenters. The predicted octanol–water partition coefficient (Wildman–Crippen LogP) is 2.42. The van der Waals surface area contributed by atoms with Crippen LogP contribution in [0.5, 0.6) is 5.75 Å². The Morgan fingerprint density at radius 2 is 2.23 bits per heavy atom. The summed E-state index contributed by atoms with van der Waals surface area (Å²) < 4.78 is 10.2. The summed E-state index contributed by atoms with van der Waals surface area (Å²) in [5.41, 5.74) is 8.36. The Bertz CT molecular complexity index is 782. The lowest BCUT2D eigenvalue weighted by atomic mass is 10.0. The number of aryl methyl sites for hydroxylation is 1. The first-order chi connectivity index (χ1) is 10.5. The molecule has 0 spiro atoms. The third-order valence-corrected chi connectivity index (χ3v) is 4.34. The molecule has 6 nitrogen and oxygen atoms in total. The molecule has 1 amide bonds. The van der Waals surface area contributed by atoms with Crippen molar-refractivity contribution >= 4 is 33.9 Å². The van der Waals surface area contributed by atoms with Gasteiger partial charge in [-0.3, -0.25) is 4.79 Å². The SMILES string of the molecule is COC(=O)c1c(N)sc(C)c1-c1ccc2c(c1)NC(=O)CO2. The molecule has 0 bridgehead atoms. The average Bonchev–Trinajstić information content (AvgIpc) is 2.80. The molecule has 0 radical (unpaired) electrons. The third kappa shape index (κ3) is 2.29. The van der Waals surface area contributed by atoms with Gasteiger partial charge in [0.25, 0.3) is 5.91 Å². The van der Waals surface area contributed by atoms with Crippen molar-refractivity contribution in [3.05, 3.63) is 28.6 Å². The van der Waals surface area contributed by atoms with Crippen LogP contribution in [-0.4, -0.2) is 25.6 Å². The van der Waals surface area contributed by atoms with Gasteiger partial charge in [0.15, 0.2) is 6.61 Å². The van der Waals surface area contributed by atoms with E-state index in [4.69, 9.17) is 15.2 Å². The third-order valence-electron chi connectivity index (χ3n) is 3.40. The van der Waals surface area contributed by atoms with Gasteiger partial charge >= 0.3 is 5.97 Å². The molecule has 114 valence electrons. The number of ether oxygens (including phenoxy) is 2. The smallest absolute Gasteiger partial charge is 0.341 e. The molecule has 2 heterocycles. The van der Waals surface area contributed by atoms with Gasteiger partial charge in [-0.25, -0.2) is 4.79 Å². The van der Waals surface area contributed by atoms with Gasteiger partial charge in [0.1, 0.15) is 16.3 Å². The molecule has 0 saturated heterocycles. The van der Waals surface area contributed by atoms with E-state index >= 15 is 0 Å². The Labute approximate surface area is 130 Å². The number of esters is 1. The van der Waals surface area contributed by atoms with E-state index in [1.54, 1.807) is 12.1 Å². The Balaban J connectivity index is 2.14. The number of nitrogens with two attached hydrogens (primary N) is 1. The number of fused-ring (bicyclic) bond motifs is 1. The second-order valence-electron chi connectivity index (χ2n) is 4.81. The highest BCUT2D eigenvalue weighted by Crippen LogP contribution is 2.41. The van der Waals surface area contributed by atoms with Crippen LogP contribution in [0.3, 0.4) is 0 Å². The number of carbonyl (C=O) groups is 2. The van der Waals surface area contributed by atoms with Crippen LogP contribution in [0.4, 0.5) is 10.7 Å². The Hall–Kier alpha value is -2.54. The van der Waals surface area contributed by atoms with Crippen LogP contribution in [0.2, 0.25) is 0 Å². The van der Waals surface area contributed by atoms with Crippen molar-refractivity contribution < 1.29 is 19.1 Å². The van der Waals surface area contributed by atoms with Crippen LogP contribution in [0.15, 0.2) is 18.2 Å². The van der Waals surface area contributed by atoms with Gasteiger partial charge in [-0.15, -0.1) is 11.3 Å². The van der Waals surface area contributed by atoms with E-state index in [0.29, 0.717) is 22.0 Å². The molecule has 1 aliphatic heterocycles. The number of thiophene rings is 1. The number of hydrogen-bond donors (Lipinski definition) is 2. The first-order valence-electron chi connectivity index (χ1n) is 6.55. The predicted molar refractivity (Wildman–Crippen MR) is 84.4 cm³/mol. The van der Waals surface area contributed by atoms with Crippen LogP contribution in [0.1, 0.15) is 15.2 Å². The molecule has 1 aromatic carbocycles. The highest BCUT2D eigenvalue weighted by molar-refractivity contribution is 7.16. The maximum Gasteiger partial charge on any atom is 0.341 e. The summed E-state index contributed by atoms with van der Waals surface area (Å²) in [7, 11) is 1.32. The zero-order valence-corrected chi connectivity index (χ0v) is 12.9. The molecule has 0 saturated carbocycles. The molecule has 7 heteroatoms. The Kier molecular flexibility index (Phi) is 3.50. The quantitative estimate of drug-likeness (QED) is 0.830. The minimum Gasteiger partial charge on any atom is -0.482 e. The second-order valence-corrected chi connectivity index (χ2v) is 6.07. The number of rotatable bonds is 2. The number of hydrogen-bond acceptors (Lipinski definition) is 6. The summed E-state index contributed by atoms with van der Waals surface area (Å²) in [6.45, 7) is 1.89. The van der Waals surface area contributed by atoms with Crippen molar-refractivity contribution in [3.63, 3.8) is 0 Å². The van der Waals surface area contributed by atoms with E-state index in [0.717, 1.165) is 16.0 Å². The number of amides is 1.